The maximum Gasteiger partial charge on any atom is 0.359 e. The quantitative estimate of drug-likeness (QED) is 0.477. The molecule has 1 aromatic carbocycles. The van der Waals surface area contributed by atoms with Crippen molar-refractivity contribution < 1.29 is 19.1 Å². The minimum absolute atomic E-state index is 0.111. The highest BCUT2D eigenvalue weighted by Crippen LogP contribution is 2.28. The molecule has 0 radical (unpaired) electrons. The van der Waals surface area contributed by atoms with Crippen LogP contribution in [-0.4, -0.2) is 57.0 Å². The van der Waals surface area contributed by atoms with E-state index in [-0.39, 0.29) is 17.4 Å². The largest absolute Gasteiger partial charge is 0.453 e. The summed E-state index contributed by atoms with van der Waals surface area (Å²) >= 11 is 0. The molecule has 0 bridgehead atoms. The molecule has 1 fully saturated rings. The fraction of sp³-hybridized carbons (Fsp3) is 0.333. The van der Waals surface area contributed by atoms with Gasteiger partial charge in [0.2, 0.25) is 5.78 Å². The summed E-state index contributed by atoms with van der Waals surface area (Å²) in [5, 5.41) is 4.50. The Bertz CT molecular complexity index is 1170. The number of fused-ring (bicyclic) bond motifs is 1. The van der Waals surface area contributed by atoms with Crippen LogP contribution in [0.2, 0.25) is 0 Å². The van der Waals surface area contributed by atoms with Crippen molar-refractivity contribution in [3.05, 3.63) is 70.8 Å². The highest BCUT2D eigenvalue weighted by molar-refractivity contribution is 6.02. The molecule has 0 spiro atoms. The Morgan fingerprint density at radius 3 is 2.59 bits per heavy atom. The highest BCUT2D eigenvalue weighted by Gasteiger charge is 2.28. The Morgan fingerprint density at radius 2 is 1.81 bits per heavy atom. The summed E-state index contributed by atoms with van der Waals surface area (Å²) in [6, 6.07) is 11.2. The maximum atomic E-state index is 12.8. The van der Waals surface area contributed by atoms with Gasteiger partial charge in [0.05, 0.1) is 5.69 Å². The van der Waals surface area contributed by atoms with Gasteiger partial charge in [0.1, 0.15) is 5.69 Å². The molecule has 1 N–H and O–H groups in total. The van der Waals surface area contributed by atoms with E-state index >= 15 is 0 Å². The van der Waals surface area contributed by atoms with Crippen molar-refractivity contribution in [3.8, 4) is 5.69 Å². The van der Waals surface area contributed by atoms with Crippen molar-refractivity contribution in [3.63, 3.8) is 0 Å². The van der Waals surface area contributed by atoms with E-state index in [1.165, 1.54) is 12.3 Å². The lowest BCUT2D eigenvalue weighted by molar-refractivity contribution is 0.0467. The molecule has 0 atom stereocenters. The number of H-pyrrole nitrogens is 1. The third-order valence-electron chi connectivity index (χ3n) is 6.09. The average Bonchev–Trinajstić information content (AvgIpc) is 3.61. The van der Waals surface area contributed by atoms with Gasteiger partial charge in [-0.05, 0) is 50.3 Å². The smallest absolute Gasteiger partial charge is 0.359 e. The van der Waals surface area contributed by atoms with Crippen LogP contribution < -0.4 is 0 Å². The van der Waals surface area contributed by atoms with Crippen LogP contribution in [0.1, 0.15) is 61.9 Å². The number of esters is 1. The summed E-state index contributed by atoms with van der Waals surface area (Å²) in [7, 11) is 0. The topological polar surface area (TPSA) is 97.3 Å². The molecule has 1 aliphatic carbocycles. The van der Waals surface area contributed by atoms with E-state index in [2.05, 4.69) is 10.1 Å². The number of carbonyl (C=O) groups excluding carboxylic acids is 3. The number of hydrogen-bond donors (Lipinski definition) is 1. The van der Waals surface area contributed by atoms with Gasteiger partial charge in [0.15, 0.2) is 12.3 Å². The molecule has 1 amide bonds. The number of para-hydroxylation sites is 1. The molecule has 3 heterocycles. The van der Waals surface area contributed by atoms with Crippen LogP contribution in [0, 0.1) is 0 Å². The van der Waals surface area contributed by atoms with E-state index in [0.717, 1.165) is 62.1 Å². The van der Waals surface area contributed by atoms with Crippen molar-refractivity contribution in [2.45, 2.75) is 32.1 Å². The van der Waals surface area contributed by atoms with Crippen LogP contribution in [-0.2, 0) is 17.6 Å². The maximum absolute atomic E-state index is 12.8. The van der Waals surface area contributed by atoms with Gasteiger partial charge in [-0.25, -0.2) is 9.48 Å². The number of carbonyl (C=O) groups is 3. The average molecular weight is 432 g/mol. The van der Waals surface area contributed by atoms with Crippen molar-refractivity contribution in [1.82, 2.24) is 19.7 Å². The molecule has 1 aliphatic heterocycles. The fourth-order valence-electron chi connectivity index (χ4n) is 4.44. The molecule has 2 aliphatic rings. The van der Waals surface area contributed by atoms with Gasteiger partial charge in [0.25, 0.3) is 5.91 Å². The van der Waals surface area contributed by atoms with Gasteiger partial charge >= 0.3 is 5.97 Å². The number of benzene rings is 1. The highest BCUT2D eigenvalue weighted by atomic mass is 16.5. The predicted molar refractivity (Wildman–Crippen MR) is 116 cm³/mol. The second kappa shape index (κ2) is 8.45. The second-order valence-corrected chi connectivity index (χ2v) is 8.18. The Balaban J connectivity index is 1.27. The molecule has 0 unspecified atom stereocenters. The van der Waals surface area contributed by atoms with Crippen molar-refractivity contribution >= 4 is 17.7 Å². The summed E-state index contributed by atoms with van der Waals surface area (Å²) in [6.45, 7) is 1.07. The molecule has 0 saturated carbocycles. The van der Waals surface area contributed by atoms with Gasteiger partial charge in [0, 0.05) is 36.1 Å². The fourth-order valence-corrected chi connectivity index (χ4v) is 4.44. The number of aromatic nitrogens is 3. The zero-order chi connectivity index (χ0) is 22.1. The third-order valence-corrected chi connectivity index (χ3v) is 6.09. The molecule has 3 aromatic rings. The molecule has 5 rings (SSSR count). The third kappa shape index (κ3) is 3.72. The van der Waals surface area contributed by atoms with E-state index in [4.69, 9.17) is 4.74 Å². The number of hydrogen-bond acceptors (Lipinski definition) is 5. The molecular formula is C24H24N4O4. The van der Waals surface area contributed by atoms with Gasteiger partial charge in [-0.3, -0.25) is 9.59 Å². The van der Waals surface area contributed by atoms with E-state index in [9.17, 15) is 14.4 Å². The van der Waals surface area contributed by atoms with Crippen LogP contribution >= 0.6 is 0 Å². The molecular weight excluding hydrogens is 408 g/mol. The van der Waals surface area contributed by atoms with Crippen LogP contribution in [0.15, 0.2) is 42.6 Å². The Kier molecular flexibility index (Phi) is 5.34. The van der Waals surface area contributed by atoms with Gasteiger partial charge in [-0.15, -0.1) is 0 Å². The predicted octanol–water partition coefficient (Wildman–Crippen LogP) is 2.96. The molecule has 2 aromatic heterocycles. The standard InChI is InChI=1S/C24H24N4O4/c29-21(16-13-19(25-14-16)23(30)27-11-4-5-12-27)15-32-24(31)22-18-9-6-10-20(18)28(26-22)17-7-2-1-3-8-17/h1-3,7-8,13-14,25H,4-6,9-12,15H2. The Hall–Kier alpha value is -3.68. The zero-order valence-electron chi connectivity index (χ0n) is 17.7. The lowest BCUT2D eigenvalue weighted by atomic mass is 10.2. The summed E-state index contributed by atoms with van der Waals surface area (Å²) in [5.74, 6) is -1.08. The van der Waals surface area contributed by atoms with Crippen molar-refractivity contribution in [2.75, 3.05) is 19.7 Å². The number of nitrogens with zero attached hydrogens (tertiary/aromatic N) is 3. The second-order valence-electron chi connectivity index (χ2n) is 8.18. The van der Waals surface area contributed by atoms with Gasteiger partial charge in [-0.1, -0.05) is 18.2 Å². The summed E-state index contributed by atoms with van der Waals surface area (Å²) in [4.78, 5) is 42.4. The number of rotatable bonds is 6. The SMILES string of the molecule is O=C(COC(=O)c1nn(-c2ccccc2)c2c1CCC2)c1c[nH]c(C(=O)N2CCCC2)c1. The minimum Gasteiger partial charge on any atom is -0.453 e. The number of amides is 1. The molecule has 1 saturated heterocycles. The zero-order valence-corrected chi connectivity index (χ0v) is 17.7. The summed E-state index contributed by atoms with van der Waals surface area (Å²) in [6.07, 6.45) is 6.05. The summed E-state index contributed by atoms with van der Waals surface area (Å²) in [5.41, 5.74) is 3.77. The number of likely N-dealkylation sites (tertiary alicyclic amines) is 1. The van der Waals surface area contributed by atoms with Crippen molar-refractivity contribution in [1.29, 1.82) is 0 Å². The molecule has 8 nitrogen and oxygen atoms in total. The lowest BCUT2D eigenvalue weighted by Crippen LogP contribution is -2.27. The van der Waals surface area contributed by atoms with E-state index in [0.29, 0.717) is 11.3 Å². The Labute approximate surface area is 185 Å². The Morgan fingerprint density at radius 1 is 1.03 bits per heavy atom. The number of aromatic amines is 1. The molecule has 8 heteroatoms. The van der Waals surface area contributed by atoms with Crippen LogP contribution in [0.4, 0.5) is 0 Å². The van der Waals surface area contributed by atoms with Crippen LogP contribution in [0.25, 0.3) is 5.69 Å². The lowest BCUT2D eigenvalue weighted by Gasteiger charge is -2.13. The monoisotopic (exact) mass is 432 g/mol. The first-order valence-electron chi connectivity index (χ1n) is 11.0. The first-order chi connectivity index (χ1) is 15.6. The van der Waals surface area contributed by atoms with Crippen LogP contribution in [0.5, 0.6) is 0 Å². The first kappa shape index (κ1) is 20.2. The minimum atomic E-state index is -0.602. The van der Waals surface area contributed by atoms with E-state index in [1.54, 1.807) is 9.58 Å². The number of ether oxygens (including phenoxy) is 1. The summed E-state index contributed by atoms with van der Waals surface area (Å²) < 4.78 is 7.11. The van der Waals surface area contributed by atoms with Gasteiger partial charge < -0.3 is 14.6 Å². The van der Waals surface area contributed by atoms with E-state index < -0.39 is 12.6 Å². The molecule has 164 valence electrons. The number of ketones is 1. The van der Waals surface area contributed by atoms with E-state index in [1.807, 2.05) is 30.3 Å². The number of nitrogens with one attached hydrogen (secondary N) is 1. The first-order valence-corrected chi connectivity index (χ1v) is 11.0. The molecule has 32 heavy (non-hydrogen) atoms. The van der Waals surface area contributed by atoms with Gasteiger partial charge in [-0.2, -0.15) is 5.10 Å². The van der Waals surface area contributed by atoms with Crippen molar-refractivity contribution in [2.24, 2.45) is 0 Å². The van der Waals surface area contributed by atoms with Crippen LogP contribution in [0.3, 0.4) is 0 Å². The normalized spacial score (nSPS) is 15.1. The number of Topliss-reactive ketones (excluding diaryl/α,β-unsaturated/α-hetero) is 1.